The van der Waals surface area contributed by atoms with Crippen molar-refractivity contribution in [2.75, 3.05) is 0 Å². The molecule has 5 aliphatic carbocycles. The fourth-order valence-electron chi connectivity index (χ4n) is 11.4. The summed E-state index contributed by atoms with van der Waals surface area (Å²) in [4.78, 5) is 26.4. The van der Waals surface area contributed by atoms with Crippen molar-refractivity contribution in [1.29, 1.82) is 0 Å². The number of nitrogens with two attached hydrogens (primary N) is 1. The van der Waals surface area contributed by atoms with Crippen LogP contribution < -0.4 is 5.73 Å². The number of carbonyl (C=O) groups is 2. The van der Waals surface area contributed by atoms with Gasteiger partial charge in [0.2, 0.25) is 0 Å². The Bertz CT molecular complexity index is 1450. The Balaban J connectivity index is 0.000000281. The maximum Gasteiger partial charge on any atom is 0.309 e. The third kappa shape index (κ3) is 5.36. The molecule has 4 saturated carbocycles. The number of aromatic hydroxyl groups is 2. The van der Waals surface area contributed by atoms with E-state index in [0.717, 1.165) is 51.4 Å². The quantitative estimate of drug-likeness (QED) is 0.192. The zero-order valence-electron chi connectivity index (χ0n) is 29.8. The van der Waals surface area contributed by atoms with Crippen LogP contribution in [0.2, 0.25) is 0 Å². The number of carboxylic acid groups (broad SMARTS) is 1. The van der Waals surface area contributed by atoms with E-state index in [-0.39, 0.29) is 62.3 Å². The number of rotatable bonds is 3. The molecule has 4 fully saturated rings. The van der Waals surface area contributed by atoms with Crippen LogP contribution in [-0.2, 0) is 9.59 Å². The van der Waals surface area contributed by atoms with E-state index in [2.05, 4.69) is 41.5 Å². The lowest BCUT2D eigenvalue weighted by Gasteiger charge is -2.70. The number of hydrogen-bond acceptors (Lipinski definition) is 7. The number of phenolic OH excluding ortho intramolecular Hbond substituents is 2. The van der Waals surface area contributed by atoms with Crippen LogP contribution in [0.25, 0.3) is 0 Å². The van der Waals surface area contributed by atoms with Gasteiger partial charge >= 0.3 is 5.97 Å². The summed E-state index contributed by atoms with van der Waals surface area (Å²) in [6.07, 6.45) is 9.13. The molecule has 0 aliphatic heterocycles. The first-order valence-corrected chi connectivity index (χ1v) is 17.7. The minimum absolute atomic E-state index is 0.0296. The van der Waals surface area contributed by atoms with Gasteiger partial charge in [0, 0.05) is 12.0 Å². The van der Waals surface area contributed by atoms with E-state index in [1.165, 1.54) is 23.8 Å². The average molecular weight is 654 g/mol. The highest BCUT2D eigenvalue weighted by Crippen LogP contribution is 2.75. The van der Waals surface area contributed by atoms with E-state index in [0.29, 0.717) is 17.9 Å². The summed E-state index contributed by atoms with van der Waals surface area (Å²) in [6, 6.07) is 3.71. The van der Waals surface area contributed by atoms with E-state index >= 15 is 0 Å². The van der Waals surface area contributed by atoms with Crippen LogP contribution in [0, 0.1) is 50.2 Å². The zero-order valence-corrected chi connectivity index (χ0v) is 29.8. The first kappa shape index (κ1) is 35.9. The van der Waals surface area contributed by atoms with Crippen molar-refractivity contribution in [2.24, 2.45) is 56.0 Å². The van der Waals surface area contributed by atoms with Crippen molar-refractivity contribution >= 4 is 11.8 Å². The molecule has 262 valence electrons. The van der Waals surface area contributed by atoms with Crippen molar-refractivity contribution in [3.8, 4) is 11.5 Å². The van der Waals surface area contributed by atoms with Gasteiger partial charge in [0.05, 0.1) is 17.6 Å². The smallest absolute Gasteiger partial charge is 0.309 e. The molecule has 11 atom stereocenters. The minimum Gasteiger partial charge on any atom is -0.504 e. The summed E-state index contributed by atoms with van der Waals surface area (Å²) >= 11 is 0. The Morgan fingerprint density at radius 1 is 0.915 bits per heavy atom. The molecular weight excluding hydrogens is 594 g/mol. The van der Waals surface area contributed by atoms with Gasteiger partial charge in [-0.25, -0.2) is 0 Å². The van der Waals surface area contributed by atoms with Crippen LogP contribution in [0.4, 0.5) is 0 Å². The maximum atomic E-state index is 14.2. The molecule has 0 amide bonds. The lowest BCUT2D eigenvalue weighted by Crippen LogP contribution is -2.66. The van der Waals surface area contributed by atoms with E-state index in [4.69, 9.17) is 15.9 Å². The van der Waals surface area contributed by atoms with Crippen LogP contribution in [0.5, 0.6) is 11.5 Å². The highest BCUT2D eigenvalue weighted by Gasteiger charge is 2.70. The van der Waals surface area contributed by atoms with Gasteiger partial charge in [0.25, 0.3) is 0 Å². The number of ketones is 1. The Hall–Kier alpha value is -2.42. The van der Waals surface area contributed by atoms with Crippen LogP contribution in [-0.4, -0.2) is 49.4 Å². The minimum atomic E-state index is -0.827. The first-order valence-electron chi connectivity index (χ1n) is 17.7. The molecule has 0 saturated heterocycles. The molecule has 7 N–H and O–H groups in total. The average Bonchev–Trinajstić information content (AvgIpc) is 2.98. The summed E-state index contributed by atoms with van der Waals surface area (Å²) in [5.74, 6) is -0.400. The predicted molar refractivity (Wildman–Crippen MR) is 181 cm³/mol. The number of allylic oxidation sites excluding steroid dienone is 2. The number of carboxylic acids is 1. The van der Waals surface area contributed by atoms with Gasteiger partial charge in [-0.05, 0) is 134 Å². The van der Waals surface area contributed by atoms with E-state index in [1.54, 1.807) is 6.92 Å². The molecule has 0 radical (unpaired) electrons. The SMILES string of the molecule is CC1(C)[C@@H](O)CC[C@]2(C)[C@H]3C(=O)C=C4[C@@H]5C[C@@](C)(C(=O)O)CC[C@]5(C)CC[C@@]4(C)[C@]3(C)CC[C@@H]12.C[C@H](N)[C@H](O)c1ccc(O)c(O)c1. The second kappa shape index (κ2) is 11.6. The normalized spacial score (nSPS) is 43.4. The largest absolute Gasteiger partial charge is 0.504 e. The number of hydrogen-bond donors (Lipinski definition) is 6. The van der Waals surface area contributed by atoms with E-state index in [1.807, 2.05) is 13.0 Å². The van der Waals surface area contributed by atoms with Gasteiger partial charge < -0.3 is 31.3 Å². The first-order chi connectivity index (χ1) is 21.6. The second-order valence-electron chi connectivity index (χ2n) is 18.0. The summed E-state index contributed by atoms with van der Waals surface area (Å²) in [5.41, 5.74) is 6.09. The third-order valence-corrected chi connectivity index (χ3v) is 14.9. The molecule has 0 aromatic heterocycles. The number of aliphatic hydroxyl groups is 2. The van der Waals surface area contributed by atoms with Crippen LogP contribution in [0.15, 0.2) is 29.8 Å². The lowest BCUT2D eigenvalue weighted by atomic mass is 9.33. The Kier molecular flexibility index (Phi) is 8.84. The standard InChI is InChI=1S/C30H46O4.C9H13NO3/c1-25(2)21-8-11-30(7)23(28(21,5)10-9-22(25)32)20(31)16-18-19-17-27(4,24(33)34)13-12-26(19,3)14-15-29(18,30)6;1-5(10)9(13)6-2-3-7(11)8(12)4-6/h16,19,21-23,32H,8-15,17H2,1-7H3,(H,33,34);2-5,9,11-13H,10H2,1H3/t19-,21-,22-,23+,26+,27-,28-,29+,30+;5-,9-/m00/s1. The summed E-state index contributed by atoms with van der Waals surface area (Å²) < 4.78 is 0. The highest BCUT2D eigenvalue weighted by molar-refractivity contribution is 5.95. The molecule has 8 nitrogen and oxygen atoms in total. The van der Waals surface area contributed by atoms with Gasteiger partial charge in [-0.15, -0.1) is 0 Å². The van der Waals surface area contributed by atoms with E-state index < -0.39 is 23.5 Å². The predicted octanol–water partition coefficient (Wildman–Crippen LogP) is 6.89. The van der Waals surface area contributed by atoms with Crippen molar-refractivity contribution in [3.05, 3.63) is 35.4 Å². The van der Waals surface area contributed by atoms with Crippen molar-refractivity contribution in [2.45, 2.75) is 131 Å². The number of aliphatic hydroxyl groups excluding tert-OH is 2. The summed E-state index contributed by atoms with van der Waals surface area (Å²) in [5, 5.41) is 48.5. The van der Waals surface area contributed by atoms with Gasteiger partial charge in [-0.3, -0.25) is 9.59 Å². The molecule has 47 heavy (non-hydrogen) atoms. The van der Waals surface area contributed by atoms with Gasteiger partial charge in [-0.2, -0.15) is 0 Å². The number of phenols is 2. The topological polar surface area (TPSA) is 161 Å². The van der Waals surface area contributed by atoms with Crippen LogP contribution in [0.1, 0.15) is 125 Å². The molecule has 8 heteroatoms. The van der Waals surface area contributed by atoms with Gasteiger partial charge in [0.1, 0.15) is 0 Å². The van der Waals surface area contributed by atoms with E-state index in [9.17, 15) is 24.9 Å². The van der Waals surface area contributed by atoms with Crippen molar-refractivity contribution in [3.63, 3.8) is 0 Å². The van der Waals surface area contributed by atoms with Crippen molar-refractivity contribution < 1.29 is 35.1 Å². The van der Waals surface area contributed by atoms with Crippen molar-refractivity contribution in [1.82, 2.24) is 0 Å². The monoisotopic (exact) mass is 653 g/mol. The Morgan fingerprint density at radius 3 is 2.15 bits per heavy atom. The van der Waals surface area contributed by atoms with Gasteiger partial charge in [-0.1, -0.05) is 53.2 Å². The summed E-state index contributed by atoms with van der Waals surface area (Å²) in [7, 11) is 0. The second-order valence-corrected chi connectivity index (χ2v) is 18.0. The molecule has 1 aromatic rings. The molecule has 5 aliphatic rings. The maximum absolute atomic E-state index is 14.2. The Labute approximate surface area is 280 Å². The fraction of sp³-hybridized carbons (Fsp3) is 0.744. The molecule has 0 bridgehead atoms. The number of benzene rings is 1. The molecule has 0 spiro atoms. The van der Waals surface area contributed by atoms with Crippen LogP contribution in [0.3, 0.4) is 0 Å². The molecule has 6 rings (SSSR count). The van der Waals surface area contributed by atoms with Gasteiger partial charge in [0.15, 0.2) is 17.3 Å². The fourth-order valence-corrected chi connectivity index (χ4v) is 11.4. The number of carbonyl (C=O) groups excluding carboxylic acids is 1. The third-order valence-electron chi connectivity index (χ3n) is 14.9. The highest BCUT2D eigenvalue weighted by atomic mass is 16.4. The van der Waals surface area contributed by atoms with Crippen LogP contribution >= 0.6 is 0 Å². The molecule has 0 unspecified atom stereocenters. The molecule has 0 heterocycles. The summed E-state index contributed by atoms with van der Waals surface area (Å²) in [6.45, 7) is 17.5. The number of aliphatic carboxylic acids is 1. The zero-order chi connectivity index (χ0) is 35.1. The lowest BCUT2D eigenvalue weighted by molar-refractivity contribution is -0.202. The molecular formula is C39H59NO7. The number of fused-ring (bicyclic) bond motifs is 7. The molecule has 1 aromatic carbocycles. The Morgan fingerprint density at radius 2 is 1.55 bits per heavy atom.